The van der Waals surface area contributed by atoms with E-state index < -0.39 is 0 Å². The van der Waals surface area contributed by atoms with Crippen LogP contribution in [-0.2, 0) is 0 Å². The molecule has 24 heavy (non-hydrogen) atoms. The van der Waals surface area contributed by atoms with Gasteiger partial charge in [-0.2, -0.15) is 9.61 Å². The summed E-state index contributed by atoms with van der Waals surface area (Å²) in [6, 6.07) is 15.5. The predicted molar refractivity (Wildman–Crippen MR) is 93.7 cm³/mol. The van der Waals surface area contributed by atoms with E-state index in [-0.39, 0.29) is 0 Å². The maximum atomic E-state index is 5.42. The zero-order chi connectivity index (χ0) is 16.5. The lowest BCUT2D eigenvalue weighted by atomic mass is 10.2. The van der Waals surface area contributed by atoms with Crippen molar-refractivity contribution in [1.82, 2.24) is 24.8 Å². The molecule has 0 atom stereocenters. The van der Waals surface area contributed by atoms with Gasteiger partial charge in [0, 0.05) is 10.0 Å². The molecule has 0 aliphatic heterocycles. The fourth-order valence-electron chi connectivity index (χ4n) is 2.47. The van der Waals surface area contributed by atoms with Gasteiger partial charge in [-0.25, -0.2) is 4.98 Å². The van der Waals surface area contributed by atoms with Crippen molar-refractivity contribution in [3.05, 3.63) is 59.2 Å². The molecule has 0 aliphatic carbocycles. The van der Waals surface area contributed by atoms with Gasteiger partial charge in [-0.1, -0.05) is 46.3 Å². The molecule has 2 aromatic heterocycles. The highest BCUT2D eigenvalue weighted by Gasteiger charge is 2.16. The second-order valence-electron chi connectivity index (χ2n) is 5.09. The first-order valence-corrected chi connectivity index (χ1v) is 8.03. The molecule has 2 aromatic carbocycles. The van der Waals surface area contributed by atoms with Crippen LogP contribution in [-0.4, -0.2) is 31.9 Å². The summed E-state index contributed by atoms with van der Waals surface area (Å²) in [5.41, 5.74) is 2.53. The minimum absolute atomic E-state index is 0.438. The Morgan fingerprint density at radius 1 is 1.04 bits per heavy atom. The lowest BCUT2D eigenvalue weighted by molar-refractivity contribution is 0.416. The first-order valence-electron chi connectivity index (χ1n) is 7.24. The van der Waals surface area contributed by atoms with E-state index in [0.717, 1.165) is 21.3 Å². The summed E-state index contributed by atoms with van der Waals surface area (Å²) >= 11 is 3.47. The zero-order valence-electron chi connectivity index (χ0n) is 12.7. The monoisotopic (exact) mass is 381 g/mol. The van der Waals surface area contributed by atoms with Gasteiger partial charge in [-0.05, 0) is 18.2 Å². The number of nitrogens with zero attached hydrogens (tertiary/aromatic N) is 5. The molecule has 0 spiro atoms. The maximum absolute atomic E-state index is 5.42. The Morgan fingerprint density at radius 3 is 2.67 bits per heavy atom. The van der Waals surface area contributed by atoms with Crippen molar-refractivity contribution in [3.63, 3.8) is 0 Å². The number of methoxy groups -OCH3 is 1. The highest BCUT2D eigenvalue weighted by atomic mass is 79.9. The molecule has 118 valence electrons. The smallest absolute Gasteiger partial charge is 0.272 e. The minimum atomic E-state index is 0.438. The van der Waals surface area contributed by atoms with Crippen molar-refractivity contribution < 1.29 is 4.74 Å². The van der Waals surface area contributed by atoms with Gasteiger partial charge in [-0.3, -0.25) is 0 Å². The second kappa shape index (κ2) is 6.01. The number of hydrogen-bond acceptors (Lipinski definition) is 5. The summed E-state index contributed by atoms with van der Waals surface area (Å²) in [5.74, 6) is 1.71. The number of benzene rings is 2. The summed E-state index contributed by atoms with van der Waals surface area (Å²) in [4.78, 5) is 4.54. The van der Waals surface area contributed by atoms with E-state index in [2.05, 4.69) is 36.2 Å². The Hall–Kier alpha value is -2.80. The van der Waals surface area contributed by atoms with E-state index in [4.69, 9.17) is 4.74 Å². The lowest BCUT2D eigenvalue weighted by Gasteiger charge is -2.07. The van der Waals surface area contributed by atoms with Crippen LogP contribution in [0.1, 0.15) is 0 Å². The van der Waals surface area contributed by atoms with Crippen LogP contribution in [0.3, 0.4) is 0 Å². The fraction of sp³-hybridized carbons (Fsp3) is 0.0588. The van der Waals surface area contributed by atoms with E-state index in [1.54, 1.807) is 17.8 Å². The molecule has 6 nitrogen and oxygen atoms in total. The average Bonchev–Trinajstić information content (AvgIpc) is 3.05. The number of ether oxygens (including phenoxy) is 1. The molecule has 0 amide bonds. The fourth-order valence-corrected chi connectivity index (χ4v) is 2.83. The molecule has 0 radical (unpaired) electrons. The second-order valence-corrected chi connectivity index (χ2v) is 6.00. The Bertz CT molecular complexity index is 1020. The van der Waals surface area contributed by atoms with Crippen LogP contribution in [0.2, 0.25) is 0 Å². The standard InChI is InChI=1S/C17H12BrN5O/c1-24-15-8-7-12(18)9-13(15)16-21-22-17-20-14(10-19-23(16)17)11-5-3-2-4-6-11/h2-10H,1H3. The van der Waals surface area contributed by atoms with Crippen molar-refractivity contribution in [2.45, 2.75) is 0 Å². The normalized spacial score (nSPS) is 10.9. The molecule has 0 aliphatic rings. The zero-order valence-corrected chi connectivity index (χ0v) is 14.3. The summed E-state index contributed by atoms with van der Waals surface area (Å²) in [7, 11) is 1.62. The topological polar surface area (TPSA) is 65.2 Å². The first kappa shape index (κ1) is 14.8. The van der Waals surface area contributed by atoms with Crippen LogP contribution in [0.4, 0.5) is 0 Å². The predicted octanol–water partition coefficient (Wildman–Crippen LogP) is 3.62. The van der Waals surface area contributed by atoms with Gasteiger partial charge < -0.3 is 4.74 Å². The number of aromatic nitrogens is 5. The summed E-state index contributed by atoms with van der Waals surface area (Å²) in [6.07, 6.45) is 1.71. The van der Waals surface area contributed by atoms with E-state index >= 15 is 0 Å². The molecule has 0 saturated heterocycles. The molecule has 4 rings (SSSR count). The Labute approximate surface area is 146 Å². The Kier molecular flexibility index (Phi) is 3.70. The molecular formula is C17H12BrN5O. The third-order valence-corrected chi connectivity index (χ3v) is 4.11. The van der Waals surface area contributed by atoms with Crippen molar-refractivity contribution in [2.75, 3.05) is 7.11 Å². The van der Waals surface area contributed by atoms with Crippen LogP contribution < -0.4 is 4.74 Å². The van der Waals surface area contributed by atoms with E-state index in [1.807, 2.05) is 48.5 Å². The largest absolute Gasteiger partial charge is 0.496 e. The van der Waals surface area contributed by atoms with E-state index in [9.17, 15) is 0 Å². The number of rotatable bonds is 3. The van der Waals surface area contributed by atoms with Gasteiger partial charge >= 0.3 is 0 Å². The molecule has 0 saturated carbocycles. The third kappa shape index (κ3) is 2.52. The Balaban J connectivity index is 1.86. The van der Waals surface area contributed by atoms with Crippen LogP contribution >= 0.6 is 15.9 Å². The molecule has 7 heteroatoms. The molecule has 0 unspecified atom stereocenters. The van der Waals surface area contributed by atoms with Crippen LogP contribution in [0.15, 0.2) is 59.2 Å². The molecule has 2 heterocycles. The van der Waals surface area contributed by atoms with Gasteiger partial charge in [0.15, 0.2) is 5.82 Å². The van der Waals surface area contributed by atoms with Crippen molar-refractivity contribution >= 4 is 21.7 Å². The van der Waals surface area contributed by atoms with E-state index in [0.29, 0.717) is 17.4 Å². The quantitative estimate of drug-likeness (QED) is 0.542. The van der Waals surface area contributed by atoms with Gasteiger partial charge in [0.1, 0.15) is 5.75 Å². The molecule has 0 fully saturated rings. The lowest BCUT2D eigenvalue weighted by Crippen LogP contribution is -1.99. The van der Waals surface area contributed by atoms with Gasteiger partial charge in [-0.15, -0.1) is 10.2 Å². The number of halogens is 1. The highest BCUT2D eigenvalue weighted by Crippen LogP contribution is 2.31. The highest BCUT2D eigenvalue weighted by molar-refractivity contribution is 9.10. The number of hydrogen-bond donors (Lipinski definition) is 0. The van der Waals surface area contributed by atoms with Crippen molar-refractivity contribution in [2.24, 2.45) is 0 Å². The van der Waals surface area contributed by atoms with Crippen LogP contribution in [0, 0.1) is 0 Å². The average molecular weight is 382 g/mol. The van der Waals surface area contributed by atoms with E-state index in [1.165, 1.54) is 0 Å². The van der Waals surface area contributed by atoms with Gasteiger partial charge in [0.2, 0.25) is 0 Å². The first-order chi connectivity index (χ1) is 11.8. The Morgan fingerprint density at radius 2 is 1.88 bits per heavy atom. The molecular weight excluding hydrogens is 370 g/mol. The molecule has 4 aromatic rings. The number of fused-ring (bicyclic) bond motifs is 1. The summed E-state index contributed by atoms with van der Waals surface area (Å²) in [5, 5.41) is 12.8. The van der Waals surface area contributed by atoms with Gasteiger partial charge in [0.25, 0.3) is 5.78 Å². The maximum Gasteiger partial charge on any atom is 0.272 e. The molecule has 0 bridgehead atoms. The van der Waals surface area contributed by atoms with Crippen molar-refractivity contribution in [1.29, 1.82) is 0 Å². The van der Waals surface area contributed by atoms with Gasteiger partial charge in [0.05, 0.1) is 24.6 Å². The third-order valence-electron chi connectivity index (χ3n) is 3.61. The summed E-state index contributed by atoms with van der Waals surface area (Å²) in [6.45, 7) is 0. The van der Waals surface area contributed by atoms with Crippen LogP contribution in [0.5, 0.6) is 5.75 Å². The van der Waals surface area contributed by atoms with Crippen LogP contribution in [0.25, 0.3) is 28.4 Å². The molecule has 0 N–H and O–H groups in total. The van der Waals surface area contributed by atoms with Crippen molar-refractivity contribution in [3.8, 4) is 28.4 Å². The minimum Gasteiger partial charge on any atom is -0.496 e. The summed E-state index contributed by atoms with van der Waals surface area (Å²) < 4.78 is 7.94. The SMILES string of the molecule is COc1ccc(Br)cc1-c1nnc2nc(-c3ccccc3)cnn12.